The van der Waals surface area contributed by atoms with E-state index in [4.69, 9.17) is 0 Å². The zero-order valence-electron chi connectivity index (χ0n) is 10.4. The summed E-state index contributed by atoms with van der Waals surface area (Å²) in [6, 6.07) is 2.46. The average molecular weight is 280 g/mol. The number of hydrogen-bond acceptors (Lipinski definition) is 7. The summed E-state index contributed by atoms with van der Waals surface area (Å²) in [5, 5.41) is 32.7. The fraction of sp³-hybridized carbons (Fsp3) is 0.364. The number of nitro benzene ring substituents is 2. The van der Waals surface area contributed by atoms with Gasteiger partial charge in [-0.05, 0) is 12.5 Å². The van der Waals surface area contributed by atoms with Crippen molar-refractivity contribution in [2.24, 2.45) is 5.92 Å². The van der Waals surface area contributed by atoms with Crippen LogP contribution in [0.4, 0.5) is 17.1 Å². The van der Waals surface area contributed by atoms with Crippen molar-refractivity contribution < 1.29 is 19.7 Å². The zero-order valence-corrected chi connectivity index (χ0v) is 10.4. The summed E-state index contributed by atoms with van der Waals surface area (Å²) in [6.07, 6.45) is 0. The van der Waals surface area contributed by atoms with Gasteiger partial charge in [0, 0.05) is 37.1 Å². The maximum absolute atomic E-state index is 11.0. The highest BCUT2D eigenvalue weighted by atomic mass is 16.6. The van der Waals surface area contributed by atoms with E-state index in [1.165, 1.54) is 24.0 Å². The molecule has 1 aromatic rings. The minimum atomic E-state index is -1.27. The van der Waals surface area contributed by atoms with Crippen molar-refractivity contribution in [3.63, 3.8) is 0 Å². The number of hydrogen-bond donors (Lipinski definition) is 0. The lowest BCUT2D eigenvalue weighted by Crippen LogP contribution is -2.54. The molecule has 0 atom stereocenters. The normalized spacial score (nSPS) is 14.8. The van der Waals surface area contributed by atoms with Crippen molar-refractivity contribution in [1.29, 1.82) is 0 Å². The molecule has 0 spiro atoms. The van der Waals surface area contributed by atoms with Crippen LogP contribution < -0.4 is 10.0 Å². The third-order valence-corrected chi connectivity index (χ3v) is 3.14. The van der Waals surface area contributed by atoms with Gasteiger partial charge in [-0.25, -0.2) is 0 Å². The predicted molar refractivity (Wildman–Crippen MR) is 65.2 cm³/mol. The van der Waals surface area contributed by atoms with Crippen LogP contribution in [0.5, 0.6) is 0 Å². The Balaban J connectivity index is 2.47. The van der Waals surface area contributed by atoms with Crippen LogP contribution in [0.2, 0.25) is 0 Å². The van der Waals surface area contributed by atoms with E-state index >= 15 is 0 Å². The Hall–Kier alpha value is -2.71. The number of carbonyl (C=O) groups is 1. The van der Waals surface area contributed by atoms with Crippen molar-refractivity contribution in [3.8, 4) is 0 Å². The summed E-state index contributed by atoms with van der Waals surface area (Å²) in [4.78, 5) is 32.6. The predicted octanol–water partition coefficient (Wildman–Crippen LogP) is -0.00248. The van der Waals surface area contributed by atoms with Crippen LogP contribution in [0.25, 0.3) is 0 Å². The Morgan fingerprint density at radius 1 is 1.20 bits per heavy atom. The van der Waals surface area contributed by atoms with Crippen molar-refractivity contribution in [2.45, 2.75) is 6.92 Å². The van der Waals surface area contributed by atoms with Gasteiger partial charge in [0.15, 0.2) is 5.69 Å². The first kappa shape index (κ1) is 13.7. The lowest BCUT2D eigenvalue weighted by Gasteiger charge is -2.40. The van der Waals surface area contributed by atoms with Crippen LogP contribution in [-0.4, -0.2) is 28.9 Å². The van der Waals surface area contributed by atoms with Gasteiger partial charge in [0.1, 0.15) is 0 Å². The van der Waals surface area contributed by atoms with E-state index in [9.17, 15) is 30.1 Å². The third-order valence-electron chi connectivity index (χ3n) is 3.14. The number of anilines is 1. The molecule has 1 aliphatic heterocycles. The molecule has 1 fully saturated rings. The van der Waals surface area contributed by atoms with Gasteiger partial charge >= 0.3 is 0 Å². The molecule has 2 rings (SSSR count). The first-order chi connectivity index (χ1) is 9.31. The SMILES string of the molecule is Cc1cc([N+](=O)[O-])c(N2CC(C(=O)[O-])C2)c([N+](=O)[O-])c1. The molecule has 1 heterocycles. The minimum Gasteiger partial charge on any atom is -0.550 e. The van der Waals surface area contributed by atoms with Crippen molar-refractivity contribution in [3.05, 3.63) is 37.9 Å². The standard InChI is InChI=1S/C11H11N3O6/c1-6-2-8(13(17)18)10(9(3-6)14(19)20)12-4-7(5-12)11(15)16/h2-3,7H,4-5H2,1H3,(H,15,16)/p-1. The summed E-state index contributed by atoms with van der Waals surface area (Å²) in [5.41, 5.74) is -0.547. The molecule has 0 aromatic heterocycles. The van der Waals surface area contributed by atoms with E-state index < -0.39 is 33.1 Å². The van der Waals surface area contributed by atoms with E-state index in [-0.39, 0.29) is 18.8 Å². The number of aryl methyl sites for hydroxylation is 1. The molecule has 0 aliphatic carbocycles. The number of benzene rings is 1. The highest BCUT2D eigenvalue weighted by molar-refractivity contribution is 5.80. The second kappa shape index (κ2) is 4.76. The van der Waals surface area contributed by atoms with Gasteiger partial charge in [0.25, 0.3) is 11.4 Å². The largest absolute Gasteiger partial charge is 0.550 e. The topological polar surface area (TPSA) is 130 Å². The molecule has 0 N–H and O–H groups in total. The Morgan fingerprint density at radius 2 is 1.65 bits per heavy atom. The van der Waals surface area contributed by atoms with Crippen molar-refractivity contribution >= 4 is 23.0 Å². The first-order valence-electron chi connectivity index (χ1n) is 5.70. The highest BCUT2D eigenvalue weighted by Crippen LogP contribution is 2.41. The zero-order chi connectivity index (χ0) is 15.0. The third kappa shape index (κ3) is 2.25. The van der Waals surface area contributed by atoms with Gasteiger partial charge in [-0.1, -0.05) is 0 Å². The number of nitrogens with zero attached hydrogens (tertiary/aromatic N) is 3. The quantitative estimate of drug-likeness (QED) is 0.560. The number of nitro groups is 2. The molecule has 0 amide bonds. The monoisotopic (exact) mass is 280 g/mol. The molecule has 9 heteroatoms. The number of carboxylic acid groups (broad SMARTS) is 1. The maximum Gasteiger partial charge on any atom is 0.299 e. The molecule has 20 heavy (non-hydrogen) atoms. The molecule has 1 aliphatic rings. The molecule has 1 saturated heterocycles. The van der Waals surface area contributed by atoms with E-state index in [1.807, 2.05) is 0 Å². The number of carboxylic acids is 1. The Labute approximate surface area is 112 Å². The van der Waals surface area contributed by atoms with Gasteiger partial charge in [0.05, 0.1) is 9.85 Å². The lowest BCUT2D eigenvalue weighted by molar-refractivity contribution is -0.392. The van der Waals surface area contributed by atoms with Crippen LogP contribution in [0.3, 0.4) is 0 Å². The molecule has 0 saturated carbocycles. The van der Waals surface area contributed by atoms with Crippen LogP contribution in [-0.2, 0) is 4.79 Å². The van der Waals surface area contributed by atoms with Crippen LogP contribution >= 0.6 is 0 Å². The molecule has 0 unspecified atom stereocenters. The van der Waals surface area contributed by atoms with E-state index in [0.717, 1.165) is 0 Å². The van der Waals surface area contributed by atoms with Crippen LogP contribution in [0.15, 0.2) is 12.1 Å². The Kier molecular flexibility index (Phi) is 3.26. The molecule has 0 bridgehead atoms. The summed E-state index contributed by atoms with van der Waals surface area (Å²) < 4.78 is 0. The number of rotatable bonds is 4. The smallest absolute Gasteiger partial charge is 0.299 e. The maximum atomic E-state index is 11.0. The number of carbonyl (C=O) groups excluding carboxylic acids is 1. The molecule has 106 valence electrons. The van der Waals surface area contributed by atoms with Gasteiger partial charge in [-0.2, -0.15) is 0 Å². The summed E-state index contributed by atoms with van der Waals surface area (Å²) in [7, 11) is 0. The average Bonchev–Trinajstić information content (AvgIpc) is 2.27. The second-order valence-electron chi connectivity index (χ2n) is 4.59. The molecular formula is C11H10N3O6-. The minimum absolute atomic E-state index is 0.0346. The van der Waals surface area contributed by atoms with Crippen LogP contribution in [0.1, 0.15) is 5.56 Å². The van der Waals surface area contributed by atoms with E-state index in [2.05, 4.69) is 0 Å². The Morgan fingerprint density at radius 3 is 2.00 bits per heavy atom. The Bertz CT molecular complexity index is 573. The second-order valence-corrected chi connectivity index (χ2v) is 4.59. The molecule has 9 nitrogen and oxygen atoms in total. The molecule has 0 radical (unpaired) electrons. The van der Waals surface area contributed by atoms with E-state index in [1.54, 1.807) is 0 Å². The van der Waals surface area contributed by atoms with Gasteiger partial charge < -0.3 is 14.8 Å². The summed E-state index contributed by atoms with van der Waals surface area (Å²) in [6.45, 7) is 1.45. The molecule has 1 aromatic carbocycles. The van der Waals surface area contributed by atoms with Gasteiger partial charge in [0.2, 0.25) is 0 Å². The summed E-state index contributed by atoms with van der Waals surface area (Å²) >= 11 is 0. The number of aliphatic carboxylic acids is 1. The van der Waals surface area contributed by atoms with Crippen LogP contribution in [0, 0.1) is 33.1 Å². The van der Waals surface area contributed by atoms with E-state index in [0.29, 0.717) is 5.56 Å². The van der Waals surface area contributed by atoms with Gasteiger partial charge in [-0.3, -0.25) is 20.2 Å². The van der Waals surface area contributed by atoms with Crippen molar-refractivity contribution in [1.82, 2.24) is 0 Å². The highest BCUT2D eigenvalue weighted by Gasteiger charge is 2.37. The lowest BCUT2D eigenvalue weighted by atomic mass is 9.98. The fourth-order valence-corrected chi connectivity index (χ4v) is 2.15. The van der Waals surface area contributed by atoms with Crippen molar-refractivity contribution in [2.75, 3.05) is 18.0 Å². The first-order valence-corrected chi connectivity index (χ1v) is 5.70. The van der Waals surface area contributed by atoms with Gasteiger partial charge in [-0.15, -0.1) is 0 Å². The fourth-order valence-electron chi connectivity index (χ4n) is 2.15. The summed E-state index contributed by atoms with van der Waals surface area (Å²) in [5.74, 6) is -2.03. The molecular weight excluding hydrogens is 270 g/mol.